The molecule has 4 aliphatic carbocycles. The lowest BCUT2D eigenvalue weighted by atomic mass is 9.57. The molecule has 2 saturated carbocycles. The van der Waals surface area contributed by atoms with Gasteiger partial charge in [0.15, 0.2) is 11.4 Å². The molecule has 0 aromatic heterocycles. The Morgan fingerprint density at radius 1 is 1.12 bits per heavy atom. The van der Waals surface area contributed by atoms with E-state index in [0.717, 1.165) is 19.3 Å². The van der Waals surface area contributed by atoms with Crippen molar-refractivity contribution >= 4 is 34.8 Å². The lowest BCUT2D eigenvalue weighted by molar-refractivity contribution is -0.153. The van der Waals surface area contributed by atoms with E-state index in [9.17, 15) is 39.6 Å². The molecular weight excluding hydrogens is 556 g/mol. The summed E-state index contributed by atoms with van der Waals surface area (Å²) in [6.07, 6.45) is 2.95. The largest absolute Gasteiger partial charge is 0.508 e. The molecule has 7 N–H and O–H groups in total. The van der Waals surface area contributed by atoms with E-state index in [1.807, 2.05) is 11.8 Å². The minimum Gasteiger partial charge on any atom is -0.508 e. The number of phenols is 1. The molecule has 2 amide bonds. The van der Waals surface area contributed by atoms with E-state index in [4.69, 9.17) is 5.73 Å². The van der Waals surface area contributed by atoms with Crippen molar-refractivity contribution in [3.05, 3.63) is 39.7 Å². The minimum absolute atomic E-state index is 0.000901. The number of benzene rings is 1. The quantitative estimate of drug-likeness (QED) is 0.259. The van der Waals surface area contributed by atoms with Gasteiger partial charge in [0.05, 0.1) is 11.6 Å². The fraction of sp³-hybridized carbons (Fsp3) is 0.548. The van der Waals surface area contributed by atoms with Gasteiger partial charge in [0, 0.05) is 49.3 Å². The van der Waals surface area contributed by atoms with Crippen molar-refractivity contribution < 1.29 is 39.6 Å². The second kappa shape index (κ2) is 10.7. The normalized spacial score (nSPS) is 30.3. The van der Waals surface area contributed by atoms with Gasteiger partial charge in [0.1, 0.15) is 22.8 Å². The Labute approximate surface area is 249 Å². The summed E-state index contributed by atoms with van der Waals surface area (Å²) in [5, 5.41) is 48.8. The number of primary amides is 1. The van der Waals surface area contributed by atoms with Gasteiger partial charge < -0.3 is 36.4 Å². The number of anilines is 1. The Kier molecular flexibility index (Phi) is 7.58. The number of Topliss-reactive ketones (excluding diaryl/α,β-unsaturated/α-hetero) is 2. The number of aromatic hydroxyl groups is 1. The molecule has 0 saturated heterocycles. The molecule has 0 radical (unpaired) electrons. The first kappa shape index (κ1) is 30.6. The van der Waals surface area contributed by atoms with E-state index in [2.05, 4.69) is 5.32 Å². The van der Waals surface area contributed by atoms with E-state index in [0.29, 0.717) is 16.8 Å². The summed E-state index contributed by atoms with van der Waals surface area (Å²) in [7, 11) is 6.71. The second-order valence-electron chi connectivity index (χ2n) is 12.8. The summed E-state index contributed by atoms with van der Waals surface area (Å²) >= 11 is 0. The first-order valence-corrected chi connectivity index (χ1v) is 14.6. The number of hydrogen-bond acceptors (Lipinski definition) is 10. The van der Waals surface area contributed by atoms with E-state index in [1.54, 1.807) is 34.3 Å². The van der Waals surface area contributed by atoms with Crippen molar-refractivity contribution in [3.63, 3.8) is 0 Å². The molecule has 6 atom stereocenters. The van der Waals surface area contributed by atoms with Gasteiger partial charge in [-0.05, 0) is 63.2 Å². The predicted octanol–water partition coefficient (Wildman–Crippen LogP) is 1.08. The maximum absolute atomic E-state index is 14.1. The van der Waals surface area contributed by atoms with Gasteiger partial charge in [-0.25, -0.2) is 0 Å². The molecule has 232 valence electrons. The molecule has 5 rings (SSSR count). The molecule has 1 aromatic carbocycles. The van der Waals surface area contributed by atoms with Crippen molar-refractivity contribution in [2.45, 2.75) is 57.2 Å². The standard InChI is InChI=1S/C31H40N4O8/c1-13-7-6-8-16(13)30(42)33-12-15-11-19(34(2)3)17-9-14-10-18-23(35(4)5)26(38)22(29(32)41)28(40)31(18,43)27(39)20(14)25(37)21(17)24(15)36/h11,13-14,16,18,23,36-37,40,43H,6-10,12H2,1-5H3,(H2,32,41)(H,33,42). The van der Waals surface area contributed by atoms with Crippen molar-refractivity contribution in [2.75, 3.05) is 33.1 Å². The van der Waals surface area contributed by atoms with Crippen LogP contribution in [0, 0.1) is 23.7 Å². The Morgan fingerprint density at radius 2 is 1.79 bits per heavy atom. The molecule has 6 unspecified atom stereocenters. The number of ketones is 2. The molecule has 0 aliphatic heterocycles. The molecule has 12 nitrogen and oxygen atoms in total. The predicted molar refractivity (Wildman–Crippen MR) is 157 cm³/mol. The lowest BCUT2D eigenvalue weighted by Gasteiger charge is -2.50. The molecule has 0 heterocycles. The van der Waals surface area contributed by atoms with Gasteiger partial charge in [0.25, 0.3) is 5.91 Å². The Hall–Kier alpha value is -3.90. The molecule has 12 heteroatoms. The molecule has 4 aliphatic rings. The van der Waals surface area contributed by atoms with Crippen LogP contribution in [0.25, 0.3) is 5.76 Å². The number of aliphatic hydroxyl groups is 3. The van der Waals surface area contributed by atoms with Crippen LogP contribution in [0.1, 0.15) is 49.3 Å². The topological polar surface area (TPSA) is 194 Å². The summed E-state index contributed by atoms with van der Waals surface area (Å²) in [5.41, 5.74) is 3.18. The van der Waals surface area contributed by atoms with E-state index < -0.39 is 58.0 Å². The highest BCUT2D eigenvalue weighted by Gasteiger charge is 2.64. The number of nitrogens with zero attached hydrogens (tertiary/aromatic N) is 2. The third-order valence-corrected chi connectivity index (χ3v) is 9.91. The van der Waals surface area contributed by atoms with Crippen molar-refractivity contribution in [2.24, 2.45) is 29.4 Å². The third-order valence-electron chi connectivity index (χ3n) is 9.91. The fourth-order valence-corrected chi connectivity index (χ4v) is 7.73. The van der Waals surface area contributed by atoms with Crippen molar-refractivity contribution in [1.82, 2.24) is 10.2 Å². The van der Waals surface area contributed by atoms with Crippen LogP contribution < -0.4 is 16.0 Å². The molecule has 0 spiro atoms. The lowest BCUT2D eigenvalue weighted by Crippen LogP contribution is -2.65. The number of nitrogens with one attached hydrogen (secondary N) is 1. The third kappa shape index (κ3) is 4.50. The van der Waals surface area contributed by atoms with Gasteiger partial charge >= 0.3 is 0 Å². The maximum atomic E-state index is 14.1. The van der Waals surface area contributed by atoms with Crippen LogP contribution >= 0.6 is 0 Å². The van der Waals surface area contributed by atoms with Crippen LogP contribution in [-0.4, -0.2) is 88.5 Å². The van der Waals surface area contributed by atoms with E-state index >= 15 is 0 Å². The van der Waals surface area contributed by atoms with Crippen LogP contribution in [0.15, 0.2) is 23.0 Å². The monoisotopic (exact) mass is 596 g/mol. The number of carbonyl (C=O) groups excluding carboxylic acids is 4. The molecule has 43 heavy (non-hydrogen) atoms. The number of phenolic OH excluding ortho intramolecular Hbond substituents is 1. The average Bonchev–Trinajstić information content (AvgIpc) is 3.35. The zero-order valence-electron chi connectivity index (χ0n) is 25.1. The molecule has 2 fully saturated rings. The highest BCUT2D eigenvalue weighted by Crippen LogP contribution is 2.54. The van der Waals surface area contributed by atoms with Gasteiger partial charge in [-0.1, -0.05) is 13.3 Å². The highest BCUT2D eigenvalue weighted by atomic mass is 16.3. The van der Waals surface area contributed by atoms with Crippen molar-refractivity contribution in [3.8, 4) is 5.75 Å². The Bertz CT molecular complexity index is 1490. The van der Waals surface area contributed by atoms with Crippen LogP contribution in [0.5, 0.6) is 5.75 Å². The second-order valence-corrected chi connectivity index (χ2v) is 12.8. The highest BCUT2D eigenvalue weighted by molar-refractivity contribution is 6.24. The summed E-state index contributed by atoms with van der Waals surface area (Å²) in [5.74, 6) is -6.92. The molecule has 1 aromatic rings. The smallest absolute Gasteiger partial charge is 0.255 e. The minimum atomic E-state index is -2.70. The number of carbonyl (C=O) groups is 4. The van der Waals surface area contributed by atoms with Crippen molar-refractivity contribution in [1.29, 1.82) is 0 Å². The number of aliphatic hydroxyl groups excluding tert-OH is 2. The summed E-state index contributed by atoms with van der Waals surface area (Å²) in [6.45, 7) is 2.03. The maximum Gasteiger partial charge on any atom is 0.255 e. The van der Waals surface area contributed by atoms with Gasteiger partial charge in [-0.3, -0.25) is 24.1 Å². The number of fused-ring (bicyclic) bond motifs is 3. The number of hydrogen-bond donors (Lipinski definition) is 6. The average molecular weight is 597 g/mol. The Morgan fingerprint density at radius 3 is 2.35 bits per heavy atom. The number of likely N-dealkylation sites (N-methyl/N-ethyl adjacent to an activating group) is 1. The summed E-state index contributed by atoms with van der Waals surface area (Å²) in [6, 6.07) is 0.597. The Balaban J connectivity index is 1.62. The zero-order chi connectivity index (χ0) is 31.7. The van der Waals surface area contributed by atoms with Gasteiger partial charge in [-0.15, -0.1) is 0 Å². The first-order chi connectivity index (χ1) is 20.1. The van der Waals surface area contributed by atoms with Crippen LogP contribution in [0.4, 0.5) is 5.69 Å². The van der Waals surface area contributed by atoms with Gasteiger partial charge in [0.2, 0.25) is 11.7 Å². The number of nitrogens with two attached hydrogens (primary N) is 1. The number of amides is 2. The van der Waals surface area contributed by atoms with Gasteiger partial charge in [-0.2, -0.15) is 0 Å². The first-order valence-electron chi connectivity index (χ1n) is 14.6. The summed E-state index contributed by atoms with van der Waals surface area (Å²) < 4.78 is 0. The van der Waals surface area contributed by atoms with Crippen LogP contribution in [-0.2, 0) is 32.1 Å². The van der Waals surface area contributed by atoms with Crippen LogP contribution in [0.3, 0.4) is 0 Å². The summed E-state index contributed by atoms with van der Waals surface area (Å²) in [4.78, 5) is 55.7. The van der Waals surface area contributed by atoms with E-state index in [1.165, 1.54) is 4.90 Å². The van der Waals surface area contributed by atoms with Crippen LogP contribution in [0.2, 0.25) is 0 Å². The zero-order valence-corrected chi connectivity index (χ0v) is 25.1. The molecular formula is C31H40N4O8. The SMILES string of the molecule is CC1CCCC1C(=O)NCc1cc(N(C)C)c2c(c1O)C(O)=C1C(=O)C3(O)C(O)=C(C(N)=O)C(=O)C(N(C)C)C3CC1C2. The fourth-order valence-electron chi connectivity index (χ4n) is 7.73. The van der Waals surface area contributed by atoms with E-state index in [-0.39, 0.29) is 54.0 Å². The number of rotatable bonds is 6. The molecule has 0 bridgehead atoms.